The van der Waals surface area contributed by atoms with Crippen molar-refractivity contribution >= 4 is 17.3 Å². The number of nitrogens with zero attached hydrogens (tertiary/aromatic N) is 8. The molecule has 39 heavy (non-hydrogen) atoms. The number of rotatable bonds is 6. The summed E-state index contributed by atoms with van der Waals surface area (Å²) in [6.07, 6.45) is 8.16. The topological polar surface area (TPSA) is 129 Å². The summed E-state index contributed by atoms with van der Waals surface area (Å²) in [5.74, 6) is 1.07. The molecule has 10 heteroatoms. The molecule has 3 aromatic heterocycles. The first-order valence-electron chi connectivity index (χ1n) is 12.7. The number of benzene rings is 2. The van der Waals surface area contributed by atoms with Gasteiger partial charge in [0.2, 0.25) is 5.95 Å². The SMILES string of the molecule is N#Cc1cc(-c2ccnc(Nc3ccc(-n4cnc(-c5ccncc5)n4)cc3)n2)cc(N2CCCC(O)C2)c1. The molecular formula is C29H25N9O. The number of aromatic nitrogens is 6. The van der Waals surface area contributed by atoms with Crippen LogP contribution >= 0.6 is 0 Å². The third kappa shape index (κ3) is 5.44. The van der Waals surface area contributed by atoms with E-state index in [2.05, 4.69) is 36.3 Å². The molecule has 10 nitrogen and oxygen atoms in total. The van der Waals surface area contributed by atoms with Crippen molar-refractivity contribution in [2.75, 3.05) is 23.3 Å². The van der Waals surface area contributed by atoms with Crippen LogP contribution in [-0.2, 0) is 0 Å². The summed E-state index contributed by atoms with van der Waals surface area (Å²) in [6.45, 7) is 1.40. The second-order valence-electron chi connectivity index (χ2n) is 9.31. The van der Waals surface area contributed by atoms with Gasteiger partial charge in [-0.2, -0.15) is 5.26 Å². The molecule has 0 aliphatic carbocycles. The Morgan fingerprint density at radius 3 is 2.56 bits per heavy atom. The number of piperidine rings is 1. The lowest BCUT2D eigenvalue weighted by Crippen LogP contribution is -2.38. The molecule has 192 valence electrons. The van der Waals surface area contributed by atoms with E-state index < -0.39 is 0 Å². The van der Waals surface area contributed by atoms with Crippen molar-refractivity contribution in [1.82, 2.24) is 29.7 Å². The minimum Gasteiger partial charge on any atom is -0.391 e. The fraction of sp³-hybridized carbons (Fsp3) is 0.172. The molecule has 1 unspecified atom stereocenters. The smallest absolute Gasteiger partial charge is 0.227 e. The monoisotopic (exact) mass is 515 g/mol. The summed E-state index contributed by atoms with van der Waals surface area (Å²) < 4.78 is 1.72. The number of anilines is 3. The van der Waals surface area contributed by atoms with E-state index in [0.717, 1.165) is 47.6 Å². The highest BCUT2D eigenvalue weighted by atomic mass is 16.3. The van der Waals surface area contributed by atoms with Crippen molar-refractivity contribution in [2.24, 2.45) is 0 Å². The van der Waals surface area contributed by atoms with Crippen LogP contribution < -0.4 is 10.2 Å². The lowest BCUT2D eigenvalue weighted by molar-refractivity contribution is 0.154. The summed E-state index contributed by atoms with van der Waals surface area (Å²) in [7, 11) is 0. The number of β-amino-alcohol motifs (C(OH)–C–C–N with tert-alkyl or cyclic N) is 1. The number of hydrogen-bond acceptors (Lipinski definition) is 9. The zero-order chi connectivity index (χ0) is 26.6. The third-order valence-electron chi connectivity index (χ3n) is 6.58. The molecule has 1 atom stereocenters. The Morgan fingerprint density at radius 2 is 1.77 bits per heavy atom. The van der Waals surface area contributed by atoms with Crippen LogP contribution in [0.1, 0.15) is 18.4 Å². The van der Waals surface area contributed by atoms with Crippen molar-refractivity contribution < 1.29 is 5.11 Å². The van der Waals surface area contributed by atoms with E-state index in [1.165, 1.54) is 0 Å². The van der Waals surface area contributed by atoms with Gasteiger partial charge in [-0.05, 0) is 73.5 Å². The van der Waals surface area contributed by atoms with Crippen LogP contribution in [0.25, 0.3) is 28.3 Å². The second kappa shape index (κ2) is 10.7. The maximum Gasteiger partial charge on any atom is 0.227 e. The van der Waals surface area contributed by atoms with E-state index >= 15 is 0 Å². The van der Waals surface area contributed by atoms with Gasteiger partial charge in [-0.1, -0.05) is 0 Å². The summed E-state index contributed by atoms with van der Waals surface area (Å²) >= 11 is 0. The molecule has 1 aliphatic heterocycles. The number of pyridine rings is 1. The van der Waals surface area contributed by atoms with Gasteiger partial charge in [0.1, 0.15) is 6.33 Å². The van der Waals surface area contributed by atoms with Crippen molar-refractivity contribution in [1.29, 1.82) is 5.26 Å². The second-order valence-corrected chi connectivity index (χ2v) is 9.31. The summed E-state index contributed by atoms with van der Waals surface area (Å²) in [5.41, 5.74) is 5.57. The molecule has 0 amide bonds. The van der Waals surface area contributed by atoms with Gasteiger partial charge in [0.25, 0.3) is 0 Å². The zero-order valence-electron chi connectivity index (χ0n) is 21.0. The Morgan fingerprint density at radius 1 is 0.923 bits per heavy atom. The number of nitrogens with one attached hydrogen (secondary N) is 1. The van der Waals surface area contributed by atoms with Crippen LogP contribution in [0, 0.1) is 11.3 Å². The molecular weight excluding hydrogens is 490 g/mol. The Balaban J connectivity index is 1.20. The van der Waals surface area contributed by atoms with Gasteiger partial charge in [0, 0.05) is 54.2 Å². The standard InChI is InChI=1S/C29H25N9O/c30-17-20-14-22(16-25(15-20)37-13-1-2-26(39)18-37)27-9-12-32-29(35-27)34-23-3-5-24(6-4-23)38-19-33-28(36-38)21-7-10-31-11-8-21/h3-12,14-16,19,26,39H,1-2,13,18H2,(H,32,34,35). The highest BCUT2D eigenvalue weighted by Gasteiger charge is 2.19. The van der Waals surface area contributed by atoms with Gasteiger partial charge in [0.15, 0.2) is 5.82 Å². The van der Waals surface area contributed by atoms with E-state index in [0.29, 0.717) is 29.6 Å². The van der Waals surface area contributed by atoms with Crippen molar-refractivity contribution in [3.63, 3.8) is 0 Å². The van der Waals surface area contributed by atoms with Crippen LogP contribution in [0.15, 0.2) is 85.6 Å². The van der Waals surface area contributed by atoms with Crippen molar-refractivity contribution in [3.05, 3.63) is 91.1 Å². The van der Waals surface area contributed by atoms with Crippen LogP contribution in [-0.4, -0.2) is 54.0 Å². The molecule has 0 radical (unpaired) electrons. The predicted octanol–water partition coefficient (Wildman–Crippen LogP) is 4.36. The van der Waals surface area contributed by atoms with Gasteiger partial charge >= 0.3 is 0 Å². The van der Waals surface area contributed by atoms with Gasteiger partial charge in [0.05, 0.1) is 29.1 Å². The van der Waals surface area contributed by atoms with Gasteiger partial charge in [-0.25, -0.2) is 19.6 Å². The first-order valence-corrected chi connectivity index (χ1v) is 12.7. The Labute approximate surface area is 225 Å². The molecule has 1 saturated heterocycles. The third-order valence-corrected chi connectivity index (χ3v) is 6.58. The Hall–Kier alpha value is -5.14. The van der Waals surface area contributed by atoms with Crippen LogP contribution in [0.4, 0.5) is 17.3 Å². The normalized spacial score (nSPS) is 15.1. The maximum absolute atomic E-state index is 10.1. The van der Waals surface area contributed by atoms with Crippen LogP contribution in [0.2, 0.25) is 0 Å². The van der Waals surface area contributed by atoms with Gasteiger partial charge in [-0.15, -0.1) is 5.10 Å². The van der Waals surface area contributed by atoms with Crippen molar-refractivity contribution in [3.8, 4) is 34.4 Å². The average Bonchev–Trinajstić information content (AvgIpc) is 3.48. The fourth-order valence-corrected chi connectivity index (χ4v) is 4.62. The highest BCUT2D eigenvalue weighted by molar-refractivity contribution is 5.70. The zero-order valence-corrected chi connectivity index (χ0v) is 21.0. The van der Waals surface area contributed by atoms with Crippen molar-refractivity contribution in [2.45, 2.75) is 18.9 Å². The lowest BCUT2D eigenvalue weighted by atomic mass is 10.0. The summed E-state index contributed by atoms with van der Waals surface area (Å²) in [6, 6.07) is 21.2. The fourth-order valence-electron chi connectivity index (χ4n) is 4.62. The largest absolute Gasteiger partial charge is 0.391 e. The Bertz CT molecular complexity index is 1630. The first kappa shape index (κ1) is 24.2. The van der Waals surface area contributed by atoms with E-state index in [1.54, 1.807) is 29.6 Å². The quantitative estimate of drug-likeness (QED) is 0.339. The average molecular weight is 516 g/mol. The molecule has 0 saturated carbocycles. The number of hydrogen-bond donors (Lipinski definition) is 2. The molecule has 2 aromatic carbocycles. The summed E-state index contributed by atoms with van der Waals surface area (Å²) in [4.78, 5) is 19.6. The number of aliphatic hydroxyl groups excluding tert-OH is 1. The molecule has 1 fully saturated rings. The first-order chi connectivity index (χ1) is 19.1. The lowest BCUT2D eigenvalue weighted by Gasteiger charge is -2.32. The molecule has 0 spiro atoms. The molecule has 5 aromatic rings. The minimum absolute atomic E-state index is 0.359. The summed E-state index contributed by atoms with van der Waals surface area (Å²) in [5, 5.41) is 27.6. The number of nitriles is 1. The number of aliphatic hydroxyl groups is 1. The van der Waals surface area contributed by atoms with Gasteiger partial charge < -0.3 is 15.3 Å². The van der Waals surface area contributed by atoms with Crippen LogP contribution in [0.5, 0.6) is 0 Å². The molecule has 6 rings (SSSR count). The Kier molecular flexibility index (Phi) is 6.64. The van der Waals surface area contributed by atoms with E-state index in [4.69, 9.17) is 4.98 Å². The van der Waals surface area contributed by atoms with Crippen LogP contribution in [0.3, 0.4) is 0 Å². The molecule has 1 aliphatic rings. The van der Waals surface area contributed by atoms with E-state index in [-0.39, 0.29) is 6.10 Å². The predicted molar refractivity (Wildman–Crippen MR) is 148 cm³/mol. The highest BCUT2D eigenvalue weighted by Crippen LogP contribution is 2.28. The van der Waals surface area contributed by atoms with E-state index in [9.17, 15) is 10.4 Å². The minimum atomic E-state index is -0.359. The maximum atomic E-state index is 10.1. The van der Waals surface area contributed by atoms with Gasteiger partial charge in [-0.3, -0.25) is 4.98 Å². The molecule has 0 bridgehead atoms. The molecule has 2 N–H and O–H groups in total. The molecule has 4 heterocycles. The van der Waals surface area contributed by atoms with E-state index in [1.807, 2.05) is 60.7 Å².